The van der Waals surface area contributed by atoms with Crippen molar-refractivity contribution in [2.24, 2.45) is 0 Å². The molecule has 25 heavy (non-hydrogen) atoms. The summed E-state index contributed by atoms with van der Waals surface area (Å²) in [6.07, 6.45) is 2.37. The maximum absolute atomic E-state index is 12.7. The van der Waals surface area contributed by atoms with Crippen LogP contribution in [-0.4, -0.2) is 21.2 Å². The number of amides is 1. The molecule has 0 spiro atoms. The summed E-state index contributed by atoms with van der Waals surface area (Å²) in [5.74, 6) is -0.264. The second-order valence-electron chi connectivity index (χ2n) is 5.50. The van der Waals surface area contributed by atoms with Gasteiger partial charge in [-0.25, -0.2) is 0 Å². The highest BCUT2D eigenvalue weighted by molar-refractivity contribution is 6.30. The summed E-state index contributed by atoms with van der Waals surface area (Å²) in [6, 6.07) is 10.5. The maximum atomic E-state index is 12.7. The first-order valence-corrected chi connectivity index (χ1v) is 8.04. The Hall–Kier alpha value is -2.70. The minimum Gasteiger partial charge on any atom is -0.385 e. The Morgan fingerprint density at radius 3 is 2.72 bits per heavy atom. The molecule has 0 saturated carbocycles. The molecule has 0 aliphatic carbocycles. The number of hydrogen-bond acceptors (Lipinski definition) is 5. The summed E-state index contributed by atoms with van der Waals surface area (Å²) in [6.45, 7) is 1.82. The van der Waals surface area contributed by atoms with E-state index in [9.17, 15) is 9.90 Å². The van der Waals surface area contributed by atoms with E-state index in [-0.39, 0.29) is 17.2 Å². The molecule has 2 N–H and O–H groups in total. The van der Waals surface area contributed by atoms with E-state index in [4.69, 9.17) is 16.1 Å². The monoisotopic (exact) mass is 357 g/mol. The number of hydrogen-bond donors (Lipinski definition) is 2. The van der Waals surface area contributed by atoms with Crippen LogP contribution in [0.15, 0.2) is 53.3 Å². The van der Waals surface area contributed by atoms with E-state index in [0.29, 0.717) is 22.8 Å². The average molecular weight is 358 g/mol. The van der Waals surface area contributed by atoms with Crippen LogP contribution in [0.3, 0.4) is 0 Å². The van der Waals surface area contributed by atoms with Crippen molar-refractivity contribution in [3.8, 4) is 11.3 Å². The smallest absolute Gasteiger partial charge is 0.257 e. The molecule has 0 radical (unpaired) electrons. The molecule has 1 unspecified atom stereocenters. The minimum absolute atomic E-state index is 0.119. The second-order valence-corrected chi connectivity index (χ2v) is 5.93. The highest BCUT2D eigenvalue weighted by atomic mass is 35.5. The van der Waals surface area contributed by atoms with Gasteiger partial charge in [0.1, 0.15) is 17.4 Å². The second kappa shape index (κ2) is 7.46. The number of nitrogens with zero attached hydrogens (tertiary/aromatic N) is 2. The predicted molar refractivity (Wildman–Crippen MR) is 93.0 cm³/mol. The van der Waals surface area contributed by atoms with E-state index >= 15 is 0 Å². The van der Waals surface area contributed by atoms with Gasteiger partial charge in [-0.15, -0.1) is 0 Å². The molecule has 0 aliphatic rings. The Morgan fingerprint density at radius 1 is 1.32 bits per heavy atom. The van der Waals surface area contributed by atoms with Gasteiger partial charge in [0, 0.05) is 29.5 Å². The normalized spacial score (nSPS) is 12.0. The standard InChI is InChI=1S/C18H16ClN3O3/c1-11(23)17-15(18(24)21-10-12-3-2-8-20-9-12)16(22-25-17)13-4-6-14(19)7-5-13/h2-9,11,23H,10H2,1H3,(H,21,24). The topological polar surface area (TPSA) is 88.2 Å². The van der Waals surface area contributed by atoms with Crippen molar-refractivity contribution in [2.45, 2.75) is 19.6 Å². The highest BCUT2D eigenvalue weighted by Crippen LogP contribution is 2.29. The number of aliphatic hydroxyl groups excluding tert-OH is 1. The third-order valence-corrected chi connectivity index (χ3v) is 3.87. The molecule has 128 valence electrons. The maximum Gasteiger partial charge on any atom is 0.257 e. The van der Waals surface area contributed by atoms with E-state index in [2.05, 4.69) is 15.5 Å². The third kappa shape index (κ3) is 3.87. The van der Waals surface area contributed by atoms with Crippen LogP contribution in [0.1, 0.15) is 34.7 Å². The predicted octanol–water partition coefficient (Wildman–Crippen LogP) is 3.37. The van der Waals surface area contributed by atoms with Crippen molar-refractivity contribution in [1.29, 1.82) is 0 Å². The fourth-order valence-electron chi connectivity index (χ4n) is 2.39. The molecule has 0 saturated heterocycles. The van der Waals surface area contributed by atoms with Crippen molar-refractivity contribution in [3.63, 3.8) is 0 Å². The fourth-order valence-corrected chi connectivity index (χ4v) is 2.51. The Balaban J connectivity index is 1.91. The Morgan fingerprint density at radius 2 is 2.08 bits per heavy atom. The summed E-state index contributed by atoms with van der Waals surface area (Å²) in [4.78, 5) is 16.7. The van der Waals surface area contributed by atoms with Gasteiger partial charge in [-0.05, 0) is 30.7 Å². The largest absolute Gasteiger partial charge is 0.385 e. The van der Waals surface area contributed by atoms with Crippen LogP contribution in [0.4, 0.5) is 0 Å². The quantitative estimate of drug-likeness (QED) is 0.730. The lowest BCUT2D eigenvalue weighted by Crippen LogP contribution is -2.24. The molecular weight excluding hydrogens is 342 g/mol. The molecule has 1 aromatic carbocycles. The first kappa shape index (κ1) is 17.1. The van der Waals surface area contributed by atoms with Crippen LogP contribution in [-0.2, 0) is 6.54 Å². The van der Waals surface area contributed by atoms with Crippen molar-refractivity contribution in [2.75, 3.05) is 0 Å². The first-order valence-electron chi connectivity index (χ1n) is 7.67. The molecule has 0 fully saturated rings. The van der Waals surface area contributed by atoms with Crippen LogP contribution in [0.5, 0.6) is 0 Å². The summed E-state index contributed by atoms with van der Waals surface area (Å²) in [5.41, 5.74) is 2.10. The number of aliphatic hydroxyl groups is 1. The number of halogens is 1. The number of rotatable bonds is 5. The summed E-state index contributed by atoms with van der Waals surface area (Å²) >= 11 is 5.91. The molecule has 0 aliphatic heterocycles. The highest BCUT2D eigenvalue weighted by Gasteiger charge is 2.26. The Bertz CT molecular complexity index is 861. The summed E-state index contributed by atoms with van der Waals surface area (Å²) in [5, 5.41) is 17.2. The SMILES string of the molecule is CC(O)c1onc(-c2ccc(Cl)cc2)c1C(=O)NCc1cccnc1. The summed E-state index contributed by atoms with van der Waals surface area (Å²) < 4.78 is 5.21. The van der Waals surface area contributed by atoms with E-state index in [1.54, 1.807) is 42.7 Å². The molecular formula is C18H16ClN3O3. The lowest BCUT2D eigenvalue weighted by atomic mass is 10.0. The van der Waals surface area contributed by atoms with E-state index in [1.807, 2.05) is 6.07 Å². The van der Waals surface area contributed by atoms with Crippen LogP contribution in [0.2, 0.25) is 5.02 Å². The van der Waals surface area contributed by atoms with Gasteiger partial charge in [-0.3, -0.25) is 9.78 Å². The lowest BCUT2D eigenvalue weighted by molar-refractivity contribution is 0.0938. The van der Waals surface area contributed by atoms with Gasteiger partial charge in [-0.2, -0.15) is 0 Å². The molecule has 3 rings (SSSR count). The molecule has 2 aromatic heterocycles. The number of carbonyl (C=O) groups is 1. The zero-order valence-electron chi connectivity index (χ0n) is 13.4. The molecule has 1 amide bonds. The van der Waals surface area contributed by atoms with E-state index in [0.717, 1.165) is 5.56 Å². The molecule has 6 nitrogen and oxygen atoms in total. The summed E-state index contributed by atoms with van der Waals surface area (Å²) in [7, 11) is 0. The van der Waals surface area contributed by atoms with E-state index in [1.165, 1.54) is 6.92 Å². The number of carbonyl (C=O) groups excluding carboxylic acids is 1. The van der Waals surface area contributed by atoms with Crippen molar-refractivity contribution >= 4 is 17.5 Å². The Kier molecular flexibility index (Phi) is 5.11. The van der Waals surface area contributed by atoms with Gasteiger partial charge in [0.15, 0.2) is 5.76 Å². The van der Waals surface area contributed by atoms with Crippen LogP contribution >= 0.6 is 11.6 Å². The Labute approximate surface area is 149 Å². The van der Waals surface area contributed by atoms with Crippen molar-refractivity contribution in [3.05, 3.63) is 70.7 Å². The lowest BCUT2D eigenvalue weighted by Gasteiger charge is -2.08. The zero-order valence-corrected chi connectivity index (χ0v) is 14.2. The third-order valence-electron chi connectivity index (χ3n) is 3.62. The van der Waals surface area contributed by atoms with Crippen molar-refractivity contribution in [1.82, 2.24) is 15.5 Å². The average Bonchev–Trinajstić information content (AvgIpc) is 3.06. The van der Waals surface area contributed by atoms with Crippen LogP contribution < -0.4 is 5.32 Å². The van der Waals surface area contributed by atoms with Gasteiger partial charge in [0.25, 0.3) is 5.91 Å². The van der Waals surface area contributed by atoms with Gasteiger partial charge >= 0.3 is 0 Å². The van der Waals surface area contributed by atoms with E-state index < -0.39 is 6.10 Å². The zero-order chi connectivity index (χ0) is 17.8. The number of aromatic nitrogens is 2. The number of pyridine rings is 1. The van der Waals surface area contributed by atoms with Gasteiger partial charge in [0.05, 0.1) is 0 Å². The van der Waals surface area contributed by atoms with Gasteiger partial charge in [-0.1, -0.05) is 35.0 Å². The molecule has 0 bridgehead atoms. The molecule has 3 aromatic rings. The molecule has 1 atom stereocenters. The number of nitrogens with one attached hydrogen (secondary N) is 1. The van der Waals surface area contributed by atoms with Crippen molar-refractivity contribution < 1.29 is 14.4 Å². The van der Waals surface area contributed by atoms with Gasteiger partial charge < -0.3 is 14.9 Å². The van der Waals surface area contributed by atoms with Crippen LogP contribution in [0, 0.1) is 0 Å². The minimum atomic E-state index is -0.965. The fraction of sp³-hybridized carbons (Fsp3) is 0.167. The molecule has 2 heterocycles. The number of benzene rings is 1. The van der Waals surface area contributed by atoms with Crippen LogP contribution in [0.25, 0.3) is 11.3 Å². The molecule has 7 heteroatoms. The first-order chi connectivity index (χ1) is 12.1. The van der Waals surface area contributed by atoms with Gasteiger partial charge in [0.2, 0.25) is 0 Å².